The summed E-state index contributed by atoms with van der Waals surface area (Å²) in [7, 11) is 0. The molecule has 0 fully saturated rings. The summed E-state index contributed by atoms with van der Waals surface area (Å²) in [4.78, 5) is 0. The molecule has 2 aromatic carbocycles. The van der Waals surface area contributed by atoms with Crippen LogP contribution in [0.5, 0.6) is 0 Å². The fourth-order valence-corrected chi connectivity index (χ4v) is 4.88. The molecular weight excluding hydrogens is 264 g/mol. The Morgan fingerprint density at radius 3 is 0.682 bits per heavy atom. The minimum Gasteiger partial charge on any atom is -0.0394 e. The van der Waals surface area contributed by atoms with Crippen LogP contribution in [-0.4, -0.2) is 0 Å². The molecule has 4 rings (SSSR count). The predicted octanol–water partition coefficient (Wildman–Crippen LogP) is 6.60. The van der Waals surface area contributed by atoms with Crippen molar-refractivity contribution in [3.63, 3.8) is 0 Å². The Morgan fingerprint density at radius 2 is 0.500 bits per heavy atom. The molecule has 0 unspecified atom stereocenters. The minimum atomic E-state index is 1.47. The standard InChI is InChI=1S/C22H24/c1-9-10(2)18-15(7)16(8)20-12(4)11(3)19-14(6)13(5)17(9)21(18)22(19)20/h1-8H3. The van der Waals surface area contributed by atoms with Gasteiger partial charge in [0.25, 0.3) is 0 Å². The van der Waals surface area contributed by atoms with E-state index in [1.54, 1.807) is 0 Å². The monoisotopic (exact) mass is 288 g/mol. The van der Waals surface area contributed by atoms with Gasteiger partial charge >= 0.3 is 0 Å². The summed E-state index contributed by atoms with van der Waals surface area (Å²) in [6.07, 6.45) is 0. The van der Waals surface area contributed by atoms with Gasteiger partial charge in [0, 0.05) is 0 Å². The van der Waals surface area contributed by atoms with E-state index < -0.39 is 0 Å². The second kappa shape index (κ2) is 3.93. The number of hydrogen-bond donors (Lipinski definition) is 0. The van der Waals surface area contributed by atoms with Crippen LogP contribution >= 0.6 is 0 Å². The third-order valence-electron chi connectivity index (χ3n) is 6.50. The molecule has 0 heterocycles. The van der Waals surface area contributed by atoms with Crippen LogP contribution in [0.25, 0.3) is 33.1 Å². The van der Waals surface area contributed by atoms with Crippen molar-refractivity contribution in [2.45, 2.75) is 55.4 Å². The SMILES string of the molecule is CC1=C(C)c2c(C)c(C)c3c4c(c(C)c(C)c1c24)C(C)=C3C. The largest absolute Gasteiger partial charge is 0.0394 e. The molecule has 112 valence electrons. The van der Waals surface area contributed by atoms with Crippen molar-refractivity contribution in [1.82, 2.24) is 0 Å². The van der Waals surface area contributed by atoms with Crippen LogP contribution in [0.3, 0.4) is 0 Å². The molecular formula is C22H24. The van der Waals surface area contributed by atoms with Crippen molar-refractivity contribution < 1.29 is 0 Å². The van der Waals surface area contributed by atoms with Gasteiger partial charge in [-0.05, 0) is 133 Å². The van der Waals surface area contributed by atoms with Gasteiger partial charge in [-0.2, -0.15) is 0 Å². The molecule has 0 radical (unpaired) electrons. The van der Waals surface area contributed by atoms with Crippen LogP contribution in [0.4, 0.5) is 0 Å². The highest BCUT2D eigenvalue weighted by molar-refractivity contribution is 6.24. The van der Waals surface area contributed by atoms with E-state index in [-0.39, 0.29) is 0 Å². The van der Waals surface area contributed by atoms with Gasteiger partial charge in [-0.1, -0.05) is 0 Å². The predicted molar refractivity (Wildman–Crippen MR) is 99.2 cm³/mol. The van der Waals surface area contributed by atoms with Crippen molar-refractivity contribution in [1.29, 1.82) is 0 Å². The zero-order chi connectivity index (χ0) is 16.1. The third kappa shape index (κ3) is 1.23. The smallest absolute Gasteiger partial charge is 0.00153 e. The van der Waals surface area contributed by atoms with Crippen LogP contribution in [0.2, 0.25) is 0 Å². The first-order chi connectivity index (χ1) is 10.3. The fraction of sp³-hybridized carbons (Fsp3) is 0.364. The molecule has 22 heavy (non-hydrogen) atoms. The first-order valence-electron chi connectivity index (χ1n) is 8.25. The maximum Gasteiger partial charge on any atom is -0.00153 e. The Balaban J connectivity index is 2.43. The van der Waals surface area contributed by atoms with Crippen LogP contribution in [0.15, 0.2) is 0 Å². The van der Waals surface area contributed by atoms with Gasteiger partial charge in [-0.3, -0.25) is 0 Å². The van der Waals surface area contributed by atoms with E-state index in [0.717, 1.165) is 0 Å². The van der Waals surface area contributed by atoms with E-state index in [0.29, 0.717) is 0 Å². The van der Waals surface area contributed by atoms with E-state index in [1.165, 1.54) is 77.6 Å². The van der Waals surface area contributed by atoms with E-state index >= 15 is 0 Å². The Kier molecular flexibility index (Phi) is 2.47. The van der Waals surface area contributed by atoms with E-state index in [9.17, 15) is 0 Å². The number of rotatable bonds is 0. The maximum atomic E-state index is 2.31. The number of benzene rings is 2. The summed E-state index contributed by atoms with van der Waals surface area (Å²) in [6.45, 7) is 18.4. The molecule has 2 aromatic rings. The summed E-state index contributed by atoms with van der Waals surface area (Å²) in [5, 5.41) is 3.06. The highest BCUT2D eigenvalue weighted by Crippen LogP contribution is 2.54. The molecule has 0 aromatic heterocycles. The lowest BCUT2D eigenvalue weighted by atomic mass is 9.85. The Labute approximate surface area is 133 Å². The average molecular weight is 288 g/mol. The molecule has 0 aliphatic heterocycles. The number of hydrogen-bond acceptors (Lipinski definition) is 0. The van der Waals surface area contributed by atoms with E-state index in [4.69, 9.17) is 0 Å². The topological polar surface area (TPSA) is 0 Å². The van der Waals surface area contributed by atoms with Crippen molar-refractivity contribution >= 4 is 33.1 Å². The van der Waals surface area contributed by atoms with Gasteiger partial charge in [0.15, 0.2) is 0 Å². The summed E-state index contributed by atoms with van der Waals surface area (Å²) in [5.41, 5.74) is 17.8. The minimum absolute atomic E-state index is 1.47. The normalized spacial score (nSPS) is 15.8. The van der Waals surface area contributed by atoms with Gasteiger partial charge in [0.2, 0.25) is 0 Å². The van der Waals surface area contributed by atoms with Crippen molar-refractivity contribution in [3.05, 3.63) is 44.5 Å². The number of allylic oxidation sites excluding steroid dienone is 4. The second-order valence-corrected chi connectivity index (χ2v) is 7.25. The molecule has 2 aliphatic carbocycles. The summed E-state index contributed by atoms with van der Waals surface area (Å²) in [6, 6.07) is 0. The maximum absolute atomic E-state index is 2.31. The Hall–Kier alpha value is -1.82. The van der Waals surface area contributed by atoms with Crippen molar-refractivity contribution in [2.24, 2.45) is 0 Å². The van der Waals surface area contributed by atoms with Crippen molar-refractivity contribution in [2.75, 3.05) is 0 Å². The lowest BCUT2D eigenvalue weighted by Gasteiger charge is -2.18. The highest BCUT2D eigenvalue weighted by atomic mass is 14.4. The van der Waals surface area contributed by atoms with Crippen LogP contribution in [0.1, 0.15) is 72.2 Å². The quantitative estimate of drug-likeness (QED) is 0.512. The average Bonchev–Trinajstić information content (AvgIpc) is 2.89. The first kappa shape index (κ1) is 13.8. The molecule has 0 bridgehead atoms. The highest BCUT2D eigenvalue weighted by Gasteiger charge is 2.32. The molecule has 0 saturated carbocycles. The summed E-state index contributed by atoms with van der Waals surface area (Å²) in [5.74, 6) is 0. The molecule has 0 saturated heterocycles. The first-order valence-corrected chi connectivity index (χ1v) is 8.25. The zero-order valence-corrected chi connectivity index (χ0v) is 15.0. The molecule has 0 nitrogen and oxygen atoms in total. The second-order valence-electron chi connectivity index (χ2n) is 7.25. The molecule has 0 atom stereocenters. The lowest BCUT2D eigenvalue weighted by Crippen LogP contribution is -1.98. The molecule has 0 heteroatoms. The van der Waals surface area contributed by atoms with Gasteiger partial charge < -0.3 is 0 Å². The molecule has 2 aliphatic rings. The van der Waals surface area contributed by atoms with E-state index in [2.05, 4.69) is 55.4 Å². The van der Waals surface area contributed by atoms with Crippen LogP contribution < -0.4 is 0 Å². The van der Waals surface area contributed by atoms with Crippen LogP contribution in [-0.2, 0) is 0 Å². The Morgan fingerprint density at radius 1 is 0.318 bits per heavy atom. The lowest BCUT2D eigenvalue weighted by molar-refractivity contribution is 1.30. The van der Waals surface area contributed by atoms with Crippen LogP contribution in [0, 0.1) is 27.7 Å². The van der Waals surface area contributed by atoms with Crippen molar-refractivity contribution in [3.8, 4) is 0 Å². The summed E-state index contributed by atoms with van der Waals surface area (Å²) >= 11 is 0. The van der Waals surface area contributed by atoms with Gasteiger partial charge in [-0.15, -0.1) is 0 Å². The fourth-order valence-electron chi connectivity index (χ4n) is 4.88. The molecule has 0 amide bonds. The van der Waals surface area contributed by atoms with E-state index in [1.807, 2.05) is 0 Å². The Bertz CT molecular complexity index is 820. The van der Waals surface area contributed by atoms with Gasteiger partial charge in [0.1, 0.15) is 0 Å². The third-order valence-corrected chi connectivity index (χ3v) is 6.50. The zero-order valence-electron chi connectivity index (χ0n) is 15.0. The molecule has 0 N–H and O–H groups in total. The summed E-state index contributed by atoms with van der Waals surface area (Å²) < 4.78 is 0. The van der Waals surface area contributed by atoms with Gasteiger partial charge in [-0.25, -0.2) is 0 Å². The molecule has 0 spiro atoms. The van der Waals surface area contributed by atoms with Gasteiger partial charge in [0.05, 0.1) is 0 Å².